The van der Waals surface area contributed by atoms with Crippen molar-refractivity contribution in [1.29, 1.82) is 0 Å². The molecule has 1 unspecified atom stereocenters. The summed E-state index contributed by atoms with van der Waals surface area (Å²) in [6.45, 7) is 2.04. The van der Waals surface area contributed by atoms with E-state index in [0.29, 0.717) is 5.69 Å². The number of benzene rings is 1. The minimum absolute atomic E-state index is 0.210. The zero-order chi connectivity index (χ0) is 19.5. The van der Waals surface area contributed by atoms with Gasteiger partial charge >= 0.3 is 0 Å². The molecule has 6 nitrogen and oxygen atoms in total. The van der Waals surface area contributed by atoms with Crippen LogP contribution in [0.3, 0.4) is 0 Å². The molecule has 2 N–H and O–H groups in total. The number of aromatic amines is 1. The highest BCUT2D eigenvalue weighted by molar-refractivity contribution is 5.93. The van der Waals surface area contributed by atoms with Crippen LogP contribution in [0.4, 0.5) is 0 Å². The number of H-pyrrole nitrogens is 1. The Morgan fingerprint density at radius 1 is 1.11 bits per heavy atom. The number of nitrogens with zero attached hydrogens (tertiary/aromatic N) is 3. The maximum atomic E-state index is 13.0. The summed E-state index contributed by atoms with van der Waals surface area (Å²) in [5.74, 6) is -0.210. The van der Waals surface area contributed by atoms with Crippen molar-refractivity contribution >= 4 is 5.91 Å². The number of carbonyl (C=O) groups excluding carboxylic acids is 1. The lowest BCUT2D eigenvalue weighted by Crippen LogP contribution is -2.30. The first-order chi connectivity index (χ1) is 13.6. The van der Waals surface area contributed by atoms with E-state index in [1.807, 2.05) is 73.3 Å². The Bertz CT molecular complexity index is 1100. The van der Waals surface area contributed by atoms with Crippen molar-refractivity contribution < 1.29 is 4.79 Å². The number of aromatic nitrogens is 4. The normalized spacial score (nSPS) is 11.9. The number of pyridine rings is 1. The molecule has 0 fully saturated rings. The molecule has 1 atom stereocenters. The maximum Gasteiger partial charge on any atom is 0.270 e. The molecule has 0 aliphatic rings. The van der Waals surface area contributed by atoms with Gasteiger partial charge in [0.15, 0.2) is 0 Å². The molecule has 0 aliphatic carbocycles. The van der Waals surface area contributed by atoms with Crippen molar-refractivity contribution in [3.8, 4) is 11.4 Å². The molecule has 4 aromatic rings. The zero-order valence-corrected chi connectivity index (χ0v) is 15.8. The number of aryl methyl sites for hydroxylation is 2. The molecule has 0 bridgehead atoms. The van der Waals surface area contributed by atoms with Crippen molar-refractivity contribution in [2.75, 3.05) is 0 Å². The summed E-state index contributed by atoms with van der Waals surface area (Å²) in [6, 6.07) is 17.3. The van der Waals surface area contributed by atoms with Gasteiger partial charge in [-0.1, -0.05) is 24.3 Å². The van der Waals surface area contributed by atoms with Gasteiger partial charge in [0.1, 0.15) is 11.4 Å². The van der Waals surface area contributed by atoms with Crippen LogP contribution >= 0.6 is 0 Å². The van der Waals surface area contributed by atoms with E-state index in [-0.39, 0.29) is 11.9 Å². The third-order valence-electron chi connectivity index (χ3n) is 4.84. The zero-order valence-electron chi connectivity index (χ0n) is 15.8. The van der Waals surface area contributed by atoms with Crippen LogP contribution < -0.4 is 5.32 Å². The molecule has 6 heteroatoms. The van der Waals surface area contributed by atoms with Gasteiger partial charge in [0, 0.05) is 25.6 Å². The number of carbonyl (C=O) groups is 1. The lowest BCUT2D eigenvalue weighted by molar-refractivity contribution is 0.0938. The molecule has 0 saturated heterocycles. The van der Waals surface area contributed by atoms with Gasteiger partial charge in [0.2, 0.25) is 0 Å². The van der Waals surface area contributed by atoms with E-state index in [1.54, 1.807) is 18.5 Å². The topological polar surface area (TPSA) is 75.6 Å². The molecule has 140 valence electrons. The van der Waals surface area contributed by atoms with E-state index in [9.17, 15) is 4.79 Å². The van der Waals surface area contributed by atoms with Crippen molar-refractivity contribution in [1.82, 2.24) is 25.1 Å². The van der Waals surface area contributed by atoms with Gasteiger partial charge in [-0.05, 0) is 53.9 Å². The van der Waals surface area contributed by atoms with E-state index in [0.717, 1.165) is 28.1 Å². The number of hydrogen-bond donors (Lipinski definition) is 2. The molecular formula is C22H21N5O. The fourth-order valence-corrected chi connectivity index (χ4v) is 3.31. The first-order valence-corrected chi connectivity index (χ1v) is 9.07. The van der Waals surface area contributed by atoms with Gasteiger partial charge in [-0.25, -0.2) is 0 Å². The van der Waals surface area contributed by atoms with Crippen LogP contribution in [0.1, 0.15) is 33.2 Å². The molecule has 0 aliphatic heterocycles. The van der Waals surface area contributed by atoms with Crippen LogP contribution in [-0.2, 0) is 7.05 Å². The Kier molecular flexibility index (Phi) is 4.76. The van der Waals surface area contributed by atoms with Gasteiger partial charge in [-0.2, -0.15) is 5.10 Å². The summed E-state index contributed by atoms with van der Waals surface area (Å²) in [4.78, 5) is 17.1. The summed E-state index contributed by atoms with van der Waals surface area (Å²) >= 11 is 0. The fourth-order valence-electron chi connectivity index (χ4n) is 3.31. The Hall–Kier alpha value is -3.67. The lowest BCUT2D eigenvalue weighted by atomic mass is 9.95. The van der Waals surface area contributed by atoms with Crippen LogP contribution in [0.5, 0.6) is 0 Å². The molecule has 3 aromatic heterocycles. The number of rotatable bonds is 5. The highest BCUT2D eigenvalue weighted by atomic mass is 16.2. The van der Waals surface area contributed by atoms with Crippen molar-refractivity contribution in [3.05, 3.63) is 95.6 Å². The lowest BCUT2D eigenvalue weighted by Gasteiger charge is -2.21. The standard InChI is InChI=1S/C22H21N5O/c1-15-6-3-4-7-17(15)21(16-9-11-23-12-10-16)24-22(28)19-14-18(25-26-19)20-8-5-13-27(20)2/h3-14,21H,1-2H3,(H,24,28)(H,25,26). The van der Waals surface area contributed by atoms with E-state index in [4.69, 9.17) is 0 Å². The van der Waals surface area contributed by atoms with E-state index in [1.165, 1.54) is 0 Å². The minimum atomic E-state index is -0.279. The average Bonchev–Trinajstić information content (AvgIpc) is 3.36. The quantitative estimate of drug-likeness (QED) is 0.562. The van der Waals surface area contributed by atoms with E-state index >= 15 is 0 Å². The second kappa shape index (κ2) is 7.52. The Balaban J connectivity index is 1.64. The molecule has 1 amide bonds. The Morgan fingerprint density at radius 3 is 2.61 bits per heavy atom. The first kappa shape index (κ1) is 17.7. The molecule has 0 spiro atoms. The van der Waals surface area contributed by atoms with Crippen LogP contribution in [0.2, 0.25) is 0 Å². The molecular weight excluding hydrogens is 350 g/mol. The molecule has 0 saturated carbocycles. The number of nitrogens with one attached hydrogen (secondary N) is 2. The Morgan fingerprint density at radius 2 is 1.89 bits per heavy atom. The molecule has 28 heavy (non-hydrogen) atoms. The van der Waals surface area contributed by atoms with Crippen LogP contribution in [0.25, 0.3) is 11.4 Å². The third-order valence-corrected chi connectivity index (χ3v) is 4.84. The van der Waals surface area contributed by atoms with Crippen LogP contribution in [0.15, 0.2) is 73.2 Å². The smallest absolute Gasteiger partial charge is 0.270 e. The van der Waals surface area contributed by atoms with Crippen LogP contribution in [-0.4, -0.2) is 25.7 Å². The predicted octanol–water partition coefficient (Wildman–Crippen LogP) is 3.64. The highest BCUT2D eigenvalue weighted by Crippen LogP contribution is 2.25. The maximum absolute atomic E-state index is 13.0. The summed E-state index contributed by atoms with van der Waals surface area (Å²) in [6.07, 6.45) is 5.41. The second-order valence-corrected chi connectivity index (χ2v) is 6.71. The minimum Gasteiger partial charge on any atom is -0.349 e. The van der Waals surface area contributed by atoms with Gasteiger partial charge in [-0.15, -0.1) is 0 Å². The summed E-state index contributed by atoms with van der Waals surface area (Å²) in [7, 11) is 1.95. The van der Waals surface area contributed by atoms with E-state index < -0.39 is 0 Å². The second-order valence-electron chi connectivity index (χ2n) is 6.71. The van der Waals surface area contributed by atoms with Crippen molar-refractivity contribution in [3.63, 3.8) is 0 Å². The monoisotopic (exact) mass is 371 g/mol. The van der Waals surface area contributed by atoms with Crippen LogP contribution in [0, 0.1) is 6.92 Å². The summed E-state index contributed by atoms with van der Waals surface area (Å²) < 4.78 is 1.96. The van der Waals surface area contributed by atoms with Gasteiger partial charge in [-0.3, -0.25) is 14.9 Å². The molecule has 4 rings (SSSR count). The number of hydrogen-bond acceptors (Lipinski definition) is 3. The molecule has 0 radical (unpaired) electrons. The van der Waals surface area contributed by atoms with Crippen molar-refractivity contribution in [2.24, 2.45) is 7.05 Å². The van der Waals surface area contributed by atoms with Gasteiger partial charge < -0.3 is 9.88 Å². The third kappa shape index (κ3) is 3.44. The number of amides is 1. The SMILES string of the molecule is Cc1ccccc1C(NC(=O)c1cc(-c2cccn2C)n[nH]1)c1ccncc1. The van der Waals surface area contributed by atoms with Crippen molar-refractivity contribution in [2.45, 2.75) is 13.0 Å². The molecule has 1 aromatic carbocycles. The highest BCUT2D eigenvalue weighted by Gasteiger charge is 2.21. The van der Waals surface area contributed by atoms with Gasteiger partial charge in [0.25, 0.3) is 5.91 Å². The Labute approximate surface area is 163 Å². The molecule has 3 heterocycles. The summed E-state index contributed by atoms with van der Waals surface area (Å²) in [5, 5.41) is 10.3. The average molecular weight is 371 g/mol. The van der Waals surface area contributed by atoms with E-state index in [2.05, 4.69) is 20.5 Å². The fraction of sp³-hybridized carbons (Fsp3) is 0.136. The summed E-state index contributed by atoms with van der Waals surface area (Å²) in [5.41, 5.74) is 5.22. The van der Waals surface area contributed by atoms with Gasteiger partial charge in [0.05, 0.1) is 11.7 Å². The predicted molar refractivity (Wildman–Crippen MR) is 108 cm³/mol. The largest absolute Gasteiger partial charge is 0.349 e. The first-order valence-electron chi connectivity index (χ1n) is 9.07.